The van der Waals surface area contributed by atoms with Gasteiger partial charge in [0.05, 0.1) is 11.4 Å². The molecule has 0 spiro atoms. The summed E-state index contributed by atoms with van der Waals surface area (Å²) < 4.78 is 0. The van der Waals surface area contributed by atoms with Gasteiger partial charge in [-0.05, 0) is 36.6 Å². The Morgan fingerprint density at radius 3 is 2.38 bits per heavy atom. The van der Waals surface area contributed by atoms with Crippen LogP contribution in [0.1, 0.15) is 29.5 Å². The fraction of sp³-hybridized carbons (Fsp3) is 0.222. The largest absolute Gasteiger partial charge is 0.508 e. The van der Waals surface area contributed by atoms with Crippen LogP contribution in [0.5, 0.6) is 5.75 Å². The van der Waals surface area contributed by atoms with E-state index in [1.165, 1.54) is 0 Å². The molecular formula is C27H29N5O2. The lowest BCUT2D eigenvalue weighted by atomic mass is 10.00. The predicted molar refractivity (Wildman–Crippen MR) is 136 cm³/mol. The van der Waals surface area contributed by atoms with Crippen molar-refractivity contribution in [1.29, 1.82) is 0 Å². The molecule has 3 aromatic rings. The maximum atomic E-state index is 13.8. The van der Waals surface area contributed by atoms with Crippen LogP contribution in [0, 0.1) is 0 Å². The number of hydrogen-bond donors (Lipinski definition) is 3. The van der Waals surface area contributed by atoms with Crippen LogP contribution in [-0.2, 0) is 11.2 Å². The molecule has 5 N–H and O–H groups in total. The van der Waals surface area contributed by atoms with E-state index < -0.39 is 6.04 Å². The average Bonchev–Trinajstić information content (AvgIpc) is 2.96. The van der Waals surface area contributed by atoms with Crippen molar-refractivity contribution in [2.45, 2.75) is 25.3 Å². The van der Waals surface area contributed by atoms with Gasteiger partial charge in [-0.25, -0.2) is 0 Å². The zero-order valence-electron chi connectivity index (χ0n) is 19.0. The lowest BCUT2D eigenvalue weighted by molar-refractivity contribution is -0.119. The summed E-state index contributed by atoms with van der Waals surface area (Å²) in [6.45, 7) is 1.06. The molecule has 1 aliphatic heterocycles. The molecule has 174 valence electrons. The summed E-state index contributed by atoms with van der Waals surface area (Å²) in [6, 6.07) is 24.2. The molecule has 1 heterocycles. The van der Waals surface area contributed by atoms with Gasteiger partial charge in [-0.3, -0.25) is 14.8 Å². The maximum Gasteiger partial charge on any atom is 0.252 e. The number of nitrogens with two attached hydrogens (primary N) is 2. The van der Waals surface area contributed by atoms with Gasteiger partial charge < -0.3 is 21.5 Å². The number of para-hydroxylation sites is 1. The van der Waals surface area contributed by atoms with Gasteiger partial charge in [-0.1, -0.05) is 60.7 Å². The highest BCUT2D eigenvalue weighted by molar-refractivity contribution is 6.20. The molecule has 0 fully saturated rings. The van der Waals surface area contributed by atoms with E-state index in [4.69, 9.17) is 16.5 Å². The molecule has 0 aliphatic carbocycles. The normalized spacial score (nSPS) is 15.3. The zero-order valence-corrected chi connectivity index (χ0v) is 19.0. The van der Waals surface area contributed by atoms with Gasteiger partial charge in [0.25, 0.3) is 5.91 Å². The number of guanidine groups is 1. The minimum absolute atomic E-state index is 0.0479. The standard InChI is InChI=1S/C27H29N5O2/c28-27(29)30-16-6-7-17-32-24-11-5-4-10-22(24)25(20-8-2-1-3-9-20)31-23(26(32)34)18-19-12-14-21(33)15-13-19/h1-5,8-15,23,33H,6-7,16-18H2,(H4,28,29,30). The Labute approximate surface area is 199 Å². The fourth-order valence-electron chi connectivity index (χ4n) is 4.12. The van der Waals surface area contributed by atoms with E-state index in [-0.39, 0.29) is 17.6 Å². The molecule has 34 heavy (non-hydrogen) atoms. The molecule has 0 bridgehead atoms. The lowest BCUT2D eigenvalue weighted by Crippen LogP contribution is -2.39. The molecule has 7 nitrogen and oxygen atoms in total. The molecule has 4 rings (SSSR count). The second kappa shape index (κ2) is 10.7. The minimum atomic E-state index is -0.593. The molecule has 1 atom stereocenters. The SMILES string of the molecule is NC(N)=NCCCCN1C(=O)C(Cc2ccc(O)cc2)N=C(c2ccccc2)c2ccccc21. The minimum Gasteiger partial charge on any atom is -0.508 e. The third-order valence-electron chi connectivity index (χ3n) is 5.78. The van der Waals surface area contributed by atoms with Crippen LogP contribution in [0.3, 0.4) is 0 Å². The third kappa shape index (κ3) is 5.43. The first-order chi connectivity index (χ1) is 16.5. The quantitative estimate of drug-likeness (QED) is 0.275. The van der Waals surface area contributed by atoms with Crippen LogP contribution < -0.4 is 16.4 Å². The molecule has 0 radical (unpaired) electrons. The van der Waals surface area contributed by atoms with E-state index in [2.05, 4.69) is 4.99 Å². The first-order valence-corrected chi connectivity index (χ1v) is 11.4. The van der Waals surface area contributed by atoms with E-state index in [1.807, 2.05) is 71.6 Å². The molecule has 0 aromatic heterocycles. The Balaban J connectivity index is 1.71. The zero-order chi connectivity index (χ0) is 23.9. The number of nitrogens with zero attached hydrogens (tertiary/aromatic N) is 3. The summed E-state index contributed by atoms with van der Waals surface area (Å²) >= 11 is 0. The number of phenolic OH excluding ortho intramolecular Hbond substituents is 1. The number of fused-ring (bicyclic) bond motifs is 1. The lowest BCUT2D eigenvalue weighted by Gasteiger charge is -2.25. The average molecular weight is 456 g/mol. The van der Waals surface area contributed by atoms with Crippen molar-refractivity contribution >= 4 is 23.3 Å². The summed E-state index contributed by atoms with van der Waals surface area (Å²) in [6.07, 6.45) is 1.95. The van der Waals surface area contributed by atoms with Crippen LogP contribution in [-0.4, -0.2) is 41.8 Å². The van der Waals surface area contributed by atoms with Crippen LogP contribution in [0.2, 0.25) is 0 Å². The van der Waals surface area contributed by atoms with Gasteiger partial charge in [0.15, 0.2) is 5.96 Å². The van der Waals surface area contributed by atoms with Gasteiger partial charge in [0.2, 0.25) is 0 Å². The number of benzodiazepines with no additional fused rings is 1. The number of hydrogen-bond acceptors (Lipinski definition) is 4. The molecule has 7 heteroatoms. The highest BCUT2D eigenvalue weighted by Crippen LogP contribution is 2.30. The van der Waals surface area contributed by atoms with Gasteiger partial charge in [-0.2, -0.15) is 0 Å². The summed E-state index contributed by atoms with van der Waals surface area (Å²) in [5.41, 5.74) is 15.3. The summed E-state index contributed by atoms with van der Waals surface area (Å²) in [4.78, 5) is 24.7. The number of rotatable bonds is 8. The fourth-order valence-corrected chi connectivity index (χ4v) is 4.12. The summed E-state index contributed by atoms with van der Waals surface area (Å²) in [5, 5.41) is 9.66. The van der Waals surface area contributed by atoms with Gasteiger partial charge in [-0.15, -0.1) is 0 Å². The van der Waals surface area contributed by atoms with Crippen molar-refractivity contribution < 1.29 is 9.90 Å². The highest BCUT2D eigenvalue weighted by atomic mass is 16.3. The molecular weight excluding hydrogens is 426 g/mol. The van der Waals surface area contributed by atoms with Gasteiger partial charge in [0.1, 0.15) is 11.8 Å². The summed E-state index contributed by atoms with van der Waals surface area (Å²) in [5.74, 6) is 0.221. The Kier molecular flexibility index (Phi) is 7.22. The van der Waals surface area contributed by atoms with E-state index in [1.54, 1.807) is 12.1 Å². The van der Waals surface area contributed by atoms with Gasteiger partial charge >= 0.3 is 0 Å². The monoisotopic (exact) mass is 455 g/mol. The second-order valence-corrected chi connectivity index (χ2v) is 8.25. The Hall–Kier alpha value is -4.13. The Bertz CT molecular complexity index is 1190. The van der Waals surface area contributed by atoms with Crippen molar-refractivity contribution in [2.24, 2.45) is 21.5 Å². The molecule has 1 amide bonds. The van der Waals surface area contributed by atoms with E-state index >= 15 is 0 Å². The summed E-state index contributed by atoms with van der Waals surface area (Å²) in [7, 11) is 0. The van der Waals surface area contributed by atoms with Crippen LogP contribution in [0.15, 0.2) is 88.8 Å². The van der Waals surface area contributed by atoms with E-state index in [0.717, 1.165) is 40.9 Å². The van der Waals surface area contributed by atoms with Crippen LogP contribution in [0.4, 0.5) is 5.69 Å². The molecule has 0 saturated carbocycles. The van der Waals surface area contributed by atoms with Crippen molar-refractivity contribution in [3.63, 3.8) is 0 Å². The number of aromatic hydroxyl groups is 1. The van der Waals surface area contributed by atoms with Crippen molar-refractivity contribution in [3.8, 4) is 5.75 Å². The Morgan fingerprint density at radius 2 is 1.65 bits per heavy atom. The van der Waals surface area contributed by atoms with Crippen molar-refractivity contribution in [2.75, 3.05) is 18.0 Å². The highest BCUT2D eigenvalue weighted by Gasteiger charge is 2.31. The Morgan fingerprint density at radius 1 is 0.941 bits per heavy atom. The smallest absolute Gasteiger partial charge is 0.252 e. The van der Waals surface area contributed by atoms with Gasteiger partial charge in [0, 0.05) is 30.6 Å². The number of aliphatic imine (C=N–C) groups is 2. The third-order valence-corrected chi connectivity index (χ3v) is 5.78. The first kappa shape index (κ1) is 23.0. The van der Waals surface area contributed by atoms with Crippen molar-refractivity contribution in [3.05, 3.63) is 95.6 Å². The first-order valence-electron chi connectivity index (χ1n) is 11.4. The van der Waals surface area contributed by atoms with E-state index in [0.29, 0.717) is 19.5 Å². The number of benzene rings is 3. The molecule has 0 saturated heterocycles. The number of unbranched alkanes of at least 4 members (excludes halogenated alkanes) is 1. The number of amides is 1. The predicted octanol–water partition coefficient (Wildman–Crippen LogP) is 3.24. The number of anilines is 1. The van der Waals surface area contributed by atoms with Crippen LogP contribution >= 0.6 is 0 Å². The molecule has 1 aliphatic rings. The topological polar surface area (TPSA) is 117 Å². The number of carbonyl (C=O) groups is 1. The molecule has 1 unspecified atom stereocenters. The van der Waals surface area contributed by atoms with Crippen molar-refractivity contribution in [1.82, 2.24) is 0 Å². The number of carbonyl (C=O) groups excluding carboxylic acids is 1. The van der Waals surface area contributed by atoms with Crippen LogP contribution in [0.25, 0.3) is 0 Å². The molecule has 3 aromatic carbocycles. The maximum absolute atomic E-state index is 13.8. The number of phenols is 1. The second-order valence-electron chi connectivity index (χ2n) is 8.25. The van der Waals surface area contributed by atoms with E-state index in [9.17, 15) is 9.90 Å².